The molecule has 0 spiro atoms. The van der Waals surface area contributed by atoms with Gasteiger partial charge in [0.2, 0.25) is 0 Å². The van der Waals surface area contributed by atoms with Gasteiger partial charge in [0.25, 0.3) is 5.91 Å². The summed E-state index contributed by atoms with van der Waals surface area (Å²) in [5.41, 5.74) is 9.97. The molecule has 0 fully saturated rings. The Bertz CT molecular complexity index is 1340. The van der Waals surface area contributed by atoms with Crippen LogP contribution in [0.5, 0.6) is 5.75 Å². The first-order valence-corrected chi connectivity index (χ1v) is 10.7. The molecule has 0 atom stereocenters. The molecule has 0 radical (unpaired) electrons. The number of halogens is 1. The van der Waals surface area contributed by atoms with Crippen LogP contribution >= 0.6 is 0 Å². The van der Waals surface area contributed by atoms with Crippen molar-refractivity contribution in [1.29, 1.82) is 0 Å². The highest BCUT2D eigenvalue weighted by Gasteiger charge is 2.14. The third kappa shape index (κ3) is 5.13. The Kier molecular flexibility index (Phi) is 6.69. The van der Waals surface area contributed by atoms with E-state index in [0.717, 1.165) is 11.1 Å². The molecule has 0 aliphatic carbocycles. The number of rotatable bonds is 7. The van der Waals surface area contributed by atoms with Crippen molar-refractivity contribution in [2.24, 2.45) is 0 Å². The predicted octanol–water partition coefficient (Wildman–Crippen LogP) is 5.76. The average molecular weight is 455 g/mol. The summed E-state index contributed by atoms with van der Waals surface area (Å²) < 4.78 is 18.7. The Morgan fingerprint density at radius 2 is 1.56 bits per heavy atom. The molecule has 0 unspecified atom stereocenters. The lowest BCUT2D eigenvalue weighted by Gasteiger charge is -2.12. The molecular formula is C28H23FN2O3. The Morgan fingerprint density at radius 3 is 2.24 bits per heavy atom. The number of ketones is 1. The minimum atomic E-state index is -0.449. The quantitative estimate of drug-likeness (QED) is 0.275. The number of carbonyl (C=O) groups excluding carboxylic acids is 2. The van der Waals surface area contributed by atoms with Gasteiger partial charge in [0, 0.05) is 23.2 Å². The molecular weight excluding hydrogens is 431 g/mol. The third-order valence-corrected chi connectivity index (χ3v) is 5.48. The van der Waals surface area contributed by atoms with Crippen molar-refractivity contribution >= 4 is 23.1 Å². The van der Waals surface area contributed by atoms with Crippen molar-refractivity contribution in [3.63, 3.8) is 0 Å². The van der Waals surface area contributed by atoms with Gasteiger partial charge >= 0.3 is 0 Å². The number of hydrogen-bond acceptors (Lipinski definition) is 4. The molecule has 5 nitrogen and oxygen atoms in total. The number of nitrogen functional groups attached to an aromatic ring is 1. The fourth-order valence-electron chi connectivity index (χ4n) is 3.61. The van der Waals surface area contributed by atoms with Gasteiger partial charge in [-0.3, -0.25) is 9.59 Å². The zero-order valence-electron chi connectivity index (χ0n) is 18.5. The topological polar surface area (TPSA) is 81.4 Å². The molecule has 170 valence electrons. The molecule has 3 N–H and O–H groups in total. The SMILES string of the molecule is COc1cc(-c2ccccc2)ccc1NC(=O)c1ccc(C(=O)Cc2ccc(F)cc2N)cc1. The highest BCUT2D eigenvalue weighted by molar-refractivity contribution is 6.06. The number of nitrogens with one attached hydrogen (secondary N) is 1. The second-order valence-corrected chi connectivity index (χ2v) is 7.76. The van der Waals surface area contributed by atoms with Crippen molar-refractivity contribution in [3.05, 3.63) is 114 Å². The molecule has 4 aromatic carbocycles. The van der Waals surface area contributed by atoms with Gasteiger partial charge in [-0.05, 0) is 53.1 Å². The van der Waals surface area contributed by atoms with Gasteiger partial charge < -0.3 is 15.8 Å². The molecule has 0 saturated heterocycles. The lowest BCUT2D eigenvalue weighted by Crippen LogP contribution is -2.13. The van der Waals surface area contributed by atoms with Crippen molar-refractivity contribution in [1.82, 2.24) is 0 Å². The first-order chi connectivity index (χ1) is 16.4. The molecule has 0 heterocycles. The van der Waals surface area contributed by atoms with Gasteiger partial charge in [-0.15, -0.1) is 0 Å². The van der Waals surface area contributed by atoms with Crippen molar-refractivity contribution in [3.8, 4) is 16.9 Å². The smallest absolute Gasteiger partial charge is 0.255 e. The standard InChI is InChI=1S/C28H23FN2O3/c1-34-27-16-21(18-5-3-2-4-6-18)12-14-25(27)31-28(33)20-9-7-19(8-10-20)26(32)15-22-11-13-23(29)17-24(22)30/h2-14,16-17H,15,30H2,1H3,(H,31,33). The zero-order chi connectivity index (χ0) is 24.1. The highest BCUT2D eigenvalue weighted by atomic mass is 19.1. The molecule has 4 aromatic rings. The molecule has 0 aliphatic heterocycles. The Balaban J connectivity index is 1.46. The van der Waals surface area contributed by atoms with Crippen molar-refractivity contribution in [2.45, 2.75) is 6.42 Å². The molecule has 6 heteroatoms. The number of carbonyl (C=O) groups is 2. The third-order valence-electron chi connectivity index (χ3n) is 5.48. The van der Waals surface area contributed by atoms with Gasteiger partial charge in [0.15, 0.2) is 5.78 Å². The molecule has 34 heavy (non-hydrogen) atoms. The molecule has 0 bridgehead atoms. The maximum Gasteiger partial charge on any atom is 0.255 e. The average Bonchev–Trinajstić information content (AvgIpc) is 2.86. The van der Waals surface area contributed by atoms with E-state index in [1.807, 2.05) is 42.5 Å². The lowest BCUT2D eigenvalue weighted by molar-refractivity contribution is 0.0989. The maximum absolute atomic E-state index is 13.2. The summed E-state index contributed by atoms with van der Waals surface area (Å²) in [7, 11) is 1.55. The molecule has 0 aliphatic rings. The largest absolute Gasteiger partial charge is 0.495 e. The lowest BCUT2D eigenvalue weighted by atomic mass is 10.0. The summed E-state index contributed by atoms with van der Waals surface area (Å²) in [6.45, 7) is 0. The van der Waals surface area contributed by atoms with Crippen LogP contribution in [0, 0.1) is 5.82 Å². The van der Waals surface area contributed by atoms with Crippen LogP contribution in [0.1, 0.15) is 26.3 Å². The highest BCUT2D eigenvalue weighted by Crippen LogP contribution is 2.31. The number of Topliss-reactive ketones (excluding diaryl/α,β-unsaturated/α-hetero) is 1. The number of nitrogens with two attached hydrogens (primary N) is 1. The van der Waals surface area contributed by atoms with Gasteiger partial charge in [-0.2, -0.15) is 0 Å². The van der Waals surface area contributed by atoms with Crippen LogP contribution in [0.2, 0.25) is 0 Å². The molecule has 4 rings (SSSR count). The van der Waals surface area contributed by atoms with Crippen LogP contribution in [0.4, 0.5) is 15.8 Å². The summed E-state index contributed by atoms with van der Waals surface area (Å²) >= 11 is 0. The van der Waals surface area contributed by atoms with Crippen LogP contribution in [0.15, 0.2) is 91.0 Å². The van der Waals surface area contributed by atoms with Gasteiger partial charge in [0.1, 0.15) is 11.6 Å². The van der Waals surface area contributed by atoms with E-state index in [2.05, 4.69) is 5.32 Å². The summed E-state index contributed by atoms with van der Waals surface area (Å²) in [5.74, 6) is -0.412. The van der Waals surface area contributed by atoms with E-state index in [4.69, 9.17) is 10.5 Å². The van der Waals surface area contributed by atoms with E-state index in [0.29, 0.717) is 28.1 Å². The molecule has 0 aromatic heterocycles. The van der Waals surface area contributed by atoms with Crippen LogP contribution in [-0.4, -0.2) is 18.8 Å². The van der Waals surface area contributed by atoms with Gasteiger partial charge in [0.05, 0.1) is 12.8 Å². The fraction of sp³-hybridized carbons (Fsp3) is 0.0714. The minimum absolute atomic E-state index is 0.0443. The monoisotopic (exact) mass is 454 g/mol. The van der Waals surface area contributed by atoms with Crippen LogP contribution in [-0.2, 0) is 6.42 Å². The number of benzene rings is 4. The predicted molar refractivity (Wildman–Crippen MR) is 132 cm³/mol. The number of methoxy groups -OCH3 is 1. The van der Waals surface area contributed by atoms with Crippen LogP contribution in [0.3, 0.4) is 0 Å². The Hall–Kier alpha value is -4.45. The number of amides is 1. The second-order valence-electron chi connectivity index (χ2n) is 7.76. The van der Waals surface area contributed by atoms with E-state index >= 15 is 0 Å². The van der Waals surface area contributed by atoms with Gasteiger partial charge in [-0.1, -0.05) is 54.6 Å². The summed E-state index contributed by atoms with van der Waals surface area (Å²) in [4.78, 5) is 25.4. The van der Waals surface area contributed by atoms with E-state index in [-0.39, 0.29) is 23.8 Å². The van der Waals surface area contributed by atoms with E-state index in [1.54, 1.807) is 37.4 Å². The zero-order valence-corrected chi connectivity index (χ0v) is 18.5. The molecule has 0 saturated carbocycles. The Morgan fingerprint density at radius 1 is 0.853 bits per heavy atom. The number of hydrogen-bond donors (Lipinski definition) is 2. The summed E-state index contributed by atoms with van der Waals surface area (Å²) in [6, 6.07) is 25.8. The fourth-order valence-corrected chi connectivity index (χ4v) is 3.61. The minimum Gasteiger partial charge on any atom is -0.495 e. The maximum atomic E-state index is 13.2. The van der Waals surface area contributed by atoms with E-state index in [9.17, 15) is 14.0 Å². The van der Waals surface area contributed by atoms with Crippen LogP contribution < -0.4 is 15.8 Å². The van der Waals surface area contributed by atoms with Gasteiger partial charge in [-0.25, -0.2) is 4.39 Å². The summed E-state index contributed by atoms with van der Waals surface area (Å²) in [5, 5.41) is 2.86. The van der Waals surface area contributed by atoms with Crippen molar-refractivity contribution < 1.29 is 18.7 Å². The summed E-state index contributed by atoms with van der Waals surface area (Å²) in [6.07, 6.45) is 0.0443. The van der Waals surface area contributed by atoms with E-state index in [1.165, 1.54) is 18.2 Å². The second kappa shape index (κ2) is 10.0. The van der Waals surface area contributed by atoms with Crippen LogP contribution in [0.25, 0.3) is 11.1 Å². The van der Waals surface area contributed by atoms with E-state index < -0.39 is 5.82 Å². The number of anilines is 2. The molecule has 1 amide bonds. The normalized spacial score (nSPS) is 10.5. The first-order valence-electron chi connectivity index (χ1n) is 10.7. The number of ether oxygens (including phenoxy) is 1. The van der Waals surface area contributed by atoms with Crippen molar-refractivity contribution in [2.75, 3.05) is 18.2 Å². The first kappa shape index (κ1) is 22.7. The Labute approximate surface area is 197 Å².